The molecule has 134 valence electrons. The second kappa shape index (κ2) is 6.95. The summed E-state index contributed by atoms with van der Waals surface area (Å²) in [7, 11) is 0. The van der Waals surface area contributed by atoms with Gasteiger partial charge in [0, 0.05) is 21.2 Å². The fraction of sp³-hybridized carbons (Fsp3) is 0.130. The molecule has 0 fully saturated rings. The molecule has 0 aromatic heterocycles. The summed E-state index contributed by atoms with van der Waals surface area (Å²) in [6, 6.07) is 21.7. The van der Waals surface area contributed by atoms with Crippen molar-refractivity contribution >= 4 is 34.8 Å². The molecule has 3 aromatic rings. The maximum Gasteiger partial charge on any atom is 0.178 e. The maximum absolute atomic E-state index is 13.4. The molecule has 1 aliphatic rings. The standard InChI is InChI=1S/C23H16Cl2O2/c24-17-9-5-15(6-10-17)13-23(14-16-7-11-18(25)12-8-16)21(26)19-3-1-2-4-20(19)22(23)27/h1-12H,13-14H2. The first-order chi connectivity index (χ1) is 13.0. The maximum atomic E-state index is 13.4. The Morgan fingerprint density at radius 3 is 1.33 bits per heavy atom. The Kier molecular flexibility index (Phi) is 4.63. The number of fused-ring (bicyclic) bond motifs is 1. The number of carbonyl (C=O) groups excluding carboxylic acids is 2. The first-order valence-electron chi connectivity index (χ1n) is 8.67. The summed E-state index contributed by atoms with van der Waals surface area (Å²) in [5, 5.41) is 1.25. The third-order valence-electron chi connectivity index (χ3n) is 5.12. The molecule has 4 heteroatoms. The van der Waals surface area contributed by atoms with E-state index >= 15 is 0 Å². The van der Waals surface area contributed by atoms with Crippen LogP contribution in [0.2, 0.25) is 10.0 Å². The van der Waals surface area contributed by atoms with Crippen molar-refractivity contribution in [3.8, 4) is 0 Å². The van der Waals surface area contributed by atoms with Gasteiger partial charge in [0.2, 0.25) is 0 Å². The molecule has 0 bridgehead atoms. The van der Waals surface area contributed by atoms with E-state index in [-0.39, 0.29) is 11.6 Å². The largest absolute Gasteiger partial charge is 0.293 e. The van der Waals surface area contributed by atoms with Gasteiger partial charge in [-0.1, -0.05) is 71.7 Å². The summed E-state index contributed by atoms with van der Waals surface area (Å²) in [6.45, 7) is 0. The topological polar surface area (TPSA) is 34.1 Å². The quantitative estimate of drug-likeness (QED) is 0.520. The van der Waals surface area contributed by atoms with Crippen molar-refractivity contribution < 1.29 is 9.59 Å². The third-order valence-corrected chi connectivity index (χ3v) is 5.63. The van der Waals surface area contributed by atoms with Crippen LogP contribution >= 0.6 is 23.2 Å². The molecular weight excluding hydrogens is 379 g/mol. The Hall–Kier alpha value is -2.42. The second-order valence-electron chi connectivity index (χ2n) is 6.89. The summed E-state index contributed by atoms with van der Waals surface area (Å²) >= 11 is 12.0. The van der Waals surface area contributed by atoms with Crippen molar-refractivity contribution in [1.29, 1.82) is 0 Å². The SMILES string of the molecule is O=C1c2ccccc2C(=O)C1(Cc1ccc(Cl)cc1)Cc1ccc(Cl)cc1. The predicted octanol–water partition coefficient (Wildman–Crippen LogP) is 5.84. The highest BCUT2D eigenvalue weighted by Crippen LogP contribution is 2.42. The van der Waals surface area contributed by atoms with E-state index in [9.17, 15) is 9.59 Å². The molecule has 0 spiro atoms. The van der Waals surface area contributed by atoms with Gasteiger partial charge in [-0.3, -0.25) is 9.59 Å². The first-order valence-corrected chi connectivity index (χ1v) is 9.43. The molecule has 1 aliphatic carbocycles. The van der Waals surface area contributed by atoms with Crippen LogP contribution in [0.15, 0.2) is 72.8 Å². The van der Waals surface area contributed by atoms with E-state index < -0.39 is 5.41 Å². The average molecular weight is 395 g/mol. The van der Waals surface area contributed by atoms with Crippen molar-refractivity contribution in [2.24, 2.45) is 5.41 Å². The van der Waals surface area contributed by atoms with Crippen LogP contribution in [0, 0.1) is 5.41 Å². The van der Waals surface area contributed by atoms with Gasteiger partial charge < -0.3 is 0 Å². The van der Waals surface area contributed by atoms with Gasteiger partial charge >= 0.3 is 0 Å². The number of Topliss-reactive ketones (excluding diaryl/α,β-unsaturated/α-hetero) is 2. The molecular formula is C23H16Cl2O2. The Morgan fingerprint density at radius 2 is 0.963 bits per heavy atom. The smallest absolute Gasteiger partial charge is 0.178 e. The fourth-order valence-electron chi connectivity index (χ4n) is 3.78. The van der Waals surface area contributed by atoms with E-state index in [0.29, 0.717) is 34.0 Å². The summed E-state index contributed by atoms with van der Waals surface area (Å²) in [6.07, 6.45) is 0.665. The lowest BCUT2D eigenvalue weighted by atomic mass is 9.72. The minimum atomic E-state index is -1.15. The van der Waals surface area contributed by atoms with Gasteiger partial charge in [-0.05, 0) is 48.2 Å². The van der Waals surface area contributed by atoms with E-state index in [4.69, 9.17) is 23.2 Å². The second-order valence-corrected chi connectivity index (χ2v) is 7.77. The van der Waals surface area contributed by atoms with Gasteiger partial charge in [0.15, 0.2) is 11.6 Å². The van der Waals surface area contributed by atoms with Crippen LogP contribution in [-0.4, -0.2) is 11.6 Å². The number of benzene rings is 3. The highest BCUT2D eigenvalue weighted by Gasteiger charge is 2.52. The number of carbonyl (C=O) groups is 2. The summed E-state index contributed by atoms with van der Waals surface area (Å²) in [4.78, 5) is 26.8. The molecule has 0 heterocycles. The van der Waals surface area contributed by atoms with Crippen molar-refractivity contribution in [3.63, 3.8) is 0 Å². The van der Waals surface area contributed by atoms with Crippen LogP contribution < -0.4 is 0 Å². The normalized spacial score (nSPS) is 15.0. The number of ketones is 2. The van der Waals surface area contributed by atoms with Gasteiger partial charge in [-0.15, -0.1) is 0 Å². The highest BCUT2D eigenvalue weighted by molar-refractivity contribution is 6.31. The number of hydrogen-bond donors (Lipinski definition) is 0. The number of halogens is 2. The zero-order valence-electron chi connectivity index (χ0n) is 14.4. The molecule has 3 aromatic carbocycles. The van der Waals surface area contributed by atoms with Gasteiger partial charge in [-0.2, -0.15) is 0 Å². The third kappa shape index (κ3) is 3.20. The molecule has 4 rings (SSSR count). The summed E-state index contributed by atoms with van der Waals surface area (Å²) in [5.74, 6) is -0.235. The van der Waals surface area contributed by atoms with Gasteiger partial charge in [0.1, 0.15) is 5.41 Å². The number of hydrogen-bond acceptors (Lipinski definition) is 2. The van der Waals surface area contributed by atoms with Crippen LogP contribution in [0.5, 0.6) is 0 Å². The molecule has 0 N–H and O–H groups in total. The van der Waals surface area contributed by atoms with E-state index in [2.05, 4.69) is 0 Å². The molecule has 0 aliphatic heterocycles. The zero-order chi connectivity index (χ0) is 19.0. The Bertz CT molecular complexity index is 937. The molecule has 0 radical (unpaired) electrons. The minimum absolute atomic E-state index is 0.118. The van der Waals surface area contributed by atoms with Crippen LogP contribution in [0.4, 0.5) is 0 Å². The summed E-state index contributed by atoms with van der Waals surface area (Å²) in [5.41, 5.74) is 1.67. The van der Waals surface area contributed by atoms with Gasteiger partial charge in [-0.25, -0.2) is 0 Å². The van der Waals surface area contributed by atoms with Crippen LogP contribution in [0.3, 0.4) is 0 Å². The predicted molar refractivity (Wildman–Crippen MR) is 108 cm³/mol. The van der Waals surface area contributed by atoms with E-state index in [0.717, 1.165) is 11.1 Å². The Morgan fingerprint density at radius 1 is 0.593 bits per heavy atom. The molecule has 0 unspecified atom stereocenters. The van der Waals surface area contributed by atoms with Crippen LogP contribution in [0.25, 0.3) is 0 Å². The highest BCUT2D eigenvalue weighted by atomic mass is 35.5. The molecule has 0 saturated heterocycles. The first kappa shape index (κ1) is 18.0. The minimum Gasteiger partial charge on any atom is -0.293 e. The Labute approximate surface area is 167 Å². The van der Waals surface area contributed by atoms with Gasteiger partial charge in [0.25, 0.3) is 0 Å². The van der Waals surface area contributed by atoms with Gasteiger partial charge in [0.05, 0.1) is 0 Å². The van der Waals surface area contributed by atoms with E-state index in [1.165, 1.54) is 0 Å². The lowest BCUT2D eigenvalue weighted by Crippen LogP contribution is -2.38. The lowest BCUT2D eigenvalue weighted by Gasteiger charge is -2.26. The van der Waals surface area contributed by atoms with E-state index in [1.54, 1.807) is 48.5 Å². The fourth-order valence-corrected chi connectivity index (χ4v) is 4.03. The molecule has 0 atom stereocenters. The number of rotatable bonds is 4. The van der Waals surface area contributed by atoms with Crippen LogP contribution in [-0.2, 0) is 12.8 Å². The van der Waals surface area contributed by atoms with Crippen molar-refractivity contribution in [2.75, 3.05) is 0 Å². The molecule has 0 amide bonds. The molecule has 2 nitrogen and oxygen atoms in total. The van der Waals surface area contributed by atoms with Crippen molar-refractivity contribution in [3.05, 3.63) is 105 Å². The summed E-state index contributed by atoms with van der Waals surface area (Å²) < 4.78 is 0. The molecule has 0 saturated carbocycles. The average Bonchev–Trinajstić information content (AvgIpc) is 2.88. The van der Waals surface area contributed by atoms with E-state index in [1.807, 2.05) is 24.3 Å². The zero-order valence-corrected chi connectivity index (χ0v) is 15.9. The molecule has 27 heavy (non-hydrogen) atoms. The van der Waals surface area contributed by atoms with Crippen molar-refractivity contribution in [2.45, 2.75) is 12.8 Å². The van der Waals surface area contributed by atoms with Crippen LogP contribution in [0.1, 0.15) is 31.8 Å². The monoisotopic (exact) mass is 394 g/mol. The van der Waals surface area contributed by atoms with Crippen molar-refractivity contribution in [1.82, 2.24) is 0 Å². The lowest BCUT2D eigenvalue weighted by molar-refractivity contribution is 0.0695. The Balaban J connectivity index is 1.80.